The molecule has 0 saturated heterocycles. The Bertz CT molecular complexity index is 440. The molecule has 7 heteroatoms. The number of amides is 1. The van der Waals surface area contributed by atoms with Gasteiger partial charge in [0.25, 0.3) is 0 Å². The van der Waals surface area contributed by atoms with Crippen molar-refractivity contribution < 1.29 is 9.53 Å². The van der Waals surface area contributed by atoms with Crippen molar-refractivity contribution in [3.8, 4) is 0 Å². The molecule has 0 aliphatic rings. The van der Waals surface area contributed by atoms with Gasteiger partial charge >= 0.3 is 0 Å². The Kier molecular flexibility index (Phi) is 5.98. The predicted molar refractivity (Wildman–Crippen MR) is 74.2 cm³/mol. The highest BCUT2D eigenvalue weighted by atomic mass is 35.5. The van der Waals surface area contributed by atoms with Gasteiger partial charge in [0.15, 0.2) is 5.82 Å². The fourth-order valence-corrected chi connectivity index (χ4v) is 1.67. The van der Waals surface area contributed by atoms with Gasteiger partial charge < -0.3 is 15.0 Å². The molecule has 0 spiro atoms. The number of hydrogen-bond donors (Lipinski definition) is 1. The molecule has 1 aromatic rings. The van der Waals surface area contributed by atoms with Crippen LogP contribution in [0, 0.1) is 0 Å². The highest BCUT2D eigenvalue weighted by molar-refractivity contribution is 6.29. The van der Waals surface area contributed by atoms with E-state index in [1.165, 1.54) is 4.90 Å². The molecule has 1 heterocycles. The monoisotopic (exact) mass is 286 g/mol. The van der Waals surface area contributed by atoms with Crippen molar-refractivity contribution in [2.24, 2.45) is 0 Å². The molecule has 0 aromatic carbocycles. The first-order valence-corrected chi connectivity index (χ1v) is 6.40. The first-order chi connectivity index (χ1) is 8.93. The Labute approximate surface area is 118 Å². The van der Waals surface area contributed by atoms with E-state index in [2.05, 4.69) is 15.3 Å². The summed E-state index contributed by atoms with van der Waals surface area (Å²) in [6, 6.07) is 1.19. The summed E-state index contributed by atoms with van der Waals surface area (Å²) >= 11 is 5.91. The van der Waals surface area contributed by atoms with E-state index < -0.39 is 0 Å². The minimum Gasteiger partial charge on any atom is -0.374 e. The number of hydrogen-bond acceptors (Lipinski definition) is 5. The number of rotatable bonds is 6. The quantitative estimate of drug-likeness (QED) is 0.804. The molecule has 0 bridgehead atoms. The molecular formula is C12H19ClN4O2. The van der Waals surface area contributed by atoms with E-state index >= 15 is 0 Å². The molecule has 106 valence electrons. The molecule has 0 saturated carbocycles. The van der Waals surface area contributed by atoms with Crippen LogP contribution in [0.1, 0.15) is 19.7 Å². The molecule has 0 fully saturated rings. The summed E-state index contributed by atoms with van der Waals surface area (Å²) in [6.45, 7) is 4.53. The zero-order chi connectivity index (χ0) is 14.4. The van der Waals surface area contributed by atoms with Crippen LogP contribution in [0.5, 0.6) is 0 Å². The first-order valence-electron chi connectivity index (χ1n) is 6.03. The van der Waals surface area contributed by atoms with Gasteiger partial charge in [-0.05, 0) is 13.8 Å². The number of carbonyl (C=O) groups excluding carboxylic acids is 1. The lowest BCUT2D eigenvalue weighted by Gasteiger charge is -2.18. The maximum Gasteiger partial charge on any atom is 0.244 e. The summed E-state index contributed by atoms with van der Waals surface area (Å²) in [4.78, 5) is 21.6. The molecule has 1 aromatic heterocycles. The van der Waals surface area contributed by atoms with Gasteiger partial charge in [0, 0.05) is 26.8 Å². The number of anilines is 1. The lowest BCUT2D eigenvalue weighted by Crippen LogP contribution is -2.36. The Hall–Kier alpha value is -1.40. The van der Waals surface area contributed by atoms with Crippen LogP contribution in [-0.2, 0) is 16.1 Å². The van der Waals surface area contributed by atoms with E-state index in [1.54, 1.807) is 27.1 Å². The van der Waals surface area contributed by atoms with Crippen LogP contribution in [0.25, 0.3) is 0 Å². The fraction of sp³-hybridized carbons (Fsp3) is 0.583. The molecule has 6 nitrogen and oxygen atoms in total. The summed E-state index contributed by atoms with van der Waals surface area (Å²) in [5.74, 6) is 0.958. The van der Waals surface area contributed by atoms with Gasteiger partial charge in [-0.2, -0.15) is 0 Å². The van der Waals surface area contributed by atoms with Crippen LogP contribution in [0.15, 0.2) is 6.07 Å². The first kappa shape index (κ1) is 15.7. The van der Waals surface area contributed by atoms with Crippen molar-refractivity contribution in [3.05, 3.63) is 17.0 Å². The maximum atomic E-state index is 11.8. The summed E-state index contributed by atoms with van der Waals surface area (Å²) in [5, 5.41) is 3.31. The van der Waals surface area contributed by atoms with Crippen molar-refractivity contribution in [1.82, 2.24) is 14.9 Å². The highest BCUT2D eigenvalue weighted by Gasteiger charge is 2.15. The average molecular weight is 287 g/mol. The fourth-order valence-electron chi connectivity index (χ4n) is 1.47. The van der Waals surface area contributed by atoms with E-state index in [1.807, 2.05) is 6.92 Å². The zero-order valence-corrected chi connectivity index (χ0v) is 12.4. The largest absolute Gasteiger partial charge is 0.374 e. The van der Waals surface area contributed by atoms with Crippen LogP contribution in [0.2, 0.25) is 5.15 Å². The molecule has 0 radical (unpaired) electrons. The highest BCUT2D eigenvalue weighted by Crippen LogP contribution is 2.13. The molecule has 0 aliphatic heterocycles. The van der Waals surface area contributed by atoms with Crippen molar-refractivity contribution in [3.63, 3.8) is 0 Å². The van der Waals surface area contributed by atoms with Crippen molar-refractivity contribution in [1.29, 1.82) is 0 Å². The molecular weight excluding hydrogens is 268 g/mol. The Morgan fingerprint density at radius 1 is 1.53 bits per heavy atom. The van der Waals surface area contributed by atoms with Gasteiger partial charge in [-0.25, -0.2) is 9.97 Å². The SMILES string of the molecule is CCOCc1nc(Cl)cc(NC(C)C(=O)N(C)C)n1. The Morgan fingerprint density at radius 3 is 2.79 bits per heavy atom. The summed E-state index contributed by atoms with van der Waals surface area (Å²) in [5.41, 5.74) is 0. The summed E-state index contributed by atoms with van der Waals surface area (Å²) < 4.78 is 5.23. The van der Waals surface area contributed by atoms with Crippen molar-refractivity contribution in [2.45, 2.75) is 26.5 Å². The lowest BCUT2D eigenvalue weighted by atomic mass is 10.3. The van der Waals surface area contributed by atoms with Crippen LogP contribution in [0.3, 0.4) is 0 Å². The second-order valence-corrected chi connectivity index (χ2v) is 4.62. The van der Waals surface area contributed by atoms with E-state index in [4.69, 9.17) is 16.3 Å². The van der Waals surface area contributed by atoms with Gasteiger partial charge in [-0.3, -0.25) is 4.79 Å². The minimum atomic E-state index is -0.388. The minimum absolute atomic E-state index is 0.0407. The van der Waals surface area contributed by atoms with Crippen LogP contribution < -0.4 is 5.32 Å². The van der Waals surface area contributed by atoms with Gasteiger partial charge in [0.05, 0.1) is 0 Å². The molecule has 1 atom stereocenters. The standard InChI is InChI=1S/C12H19ClN4O2/c1-5-19-7-11-15-9(13)6-10(16-11)14-8(2)12(18)17(3)4/h6,8H,5,7H2,1-4H3,(H,14,15,16). The van der Waals surface area contributed by atoms with E-state index in [0.717, 1.165) is 0 Å². The molecule has 1 amide bonds. The third-order valence-electron chi connectivity index (χ3n) is 2.35. The molecule has 1 N–H and O–H groups in total. The number of nitrogens with one attached hydrogen (secondary N) is 1. The predicted octanol–water partition coefficient (Wildman–Crippen LogP) is 1.56. The smallest absolute Gasteiger partial charge is 0.244 e. The number of aromatic nitrogens is 2. The van der Waals surface area contributed by atoms with Crippen LogP contribution in [0.4, 0.5) is 5.82 Å². The van der Waals surface area contributed by atoms with Gasteiger partial charge in [0.2, 0.25) is 5.91 Å². The number of ether oxygens (including phenoxy) is 1. The topological polar surface area (TPSA) is 67.3 Å². The van der Waals surface area contributed by atoms with E-state index in [9.17, 15) is 4.79 Å². The molecule has 0 aliphatic carbocycles. The average Bonchev–Trinajstić information content (AvgIpc) is 2.34. The third kappa shape index (κ3) is 5.00. The van der Waals surface area contributed by atoms with Gasteiger partial charge in [-0.1, -0.05) is 11.6 Å². The van der Waals surface area contributed by atoms with Crippen molar-refractivity contribution in [2.75, 3.05) is 26.0 Å². The third-order valence-corrected chi connectivity index (χ3v) is 2.55. The molecule has 19 heavy (non-hydrogen) atoms. The van der Waals surface area contributed by atoms with Crippen LogP contribution >= 0.6 is 11.6 Å². The van der Waals surface area contributed by atoms with Crippen molar-refractivity contribution >= 4 is 23.3 Å². The van der Waals surface area contributed by atoms with Crippen LogP contribution in [-0.4, -0.2) is 47.5 Å². The number of nitrogens with zero attached hydrogens (tertiary/aromatic N) is 3. The summed E-state index contributed by atoms with van der Waals surface area (Å²) in [7, 11) is 3.40. The second-order valence-electron chi connectivity index (χ2n) is 4.23. The molecule has 1 unspecified atom stereocenters. The lowest BCUT2D eigenvalue weighted by molar-refractivity contribution is -0.129. The number of likely N-dealkylation sites (N-methyl/N-ethyl adjacent to an activating group) is 1. The maximum absolute atomic E-state index is 11.8. The summed E-state index contributed by atoms with van der Waals surface area (Å²) in [6.07, 6.45) is 0. The van der Waals surface area contributed by atoms with E-state index in [-0.39, 0.29) is 11.9 Å². The van der Waals surface area contributed by atoms with E-state index in [0.29, 0.717) is 30.0 Å². The number of carbonyl (C=O) groups is 1. The second kappa shape index (κ2) is 7.25. The Balaban J connectivity index is 2.77. The van der Waals surface area contributed by atoms with Gasteiger partial charge in [-0.15, -0.1) is 0 Å². The molecule has 1 rings (SSSR count). The van der Waals surface area contributed by atoms with Gasteiger partial charge in [0.1, 0.15) is 23.6 Å². The normalized spacial score (nSPS) is 12.1. The number of halogens is 1. The zero-order valence-electron chi connectivity index (χ0n) is 11.6. The Morgan fingerprint density at radius 2 is 2.21 bits per heavy atom.